The average molecular weight is 203 g/mol. The van der Waals surface area contributed by atoms with Gasteiger partial charge in [0.25, 0.3) is 10.1 Å². The van der Waals surface area contributed by atoms with Gasteiger partial charge in [-0.3, -0.25) is 4.18 Å². The molecule has 2 rings (SSSR count). The summed E-state index contributed by atoms with van der Waals surface area (Å²) >= 11 is 0. The maximum Gasteiger partial charge on any atom is 0.265 e. The van der Waals surface area contributed by atoms with Crippen molar-refractivity contribution in [2.24, 2.45) is 0 Å². The lowest BCUT2D eigenvalue weighted by molar-refractivity contribution is 0.212. The van der Waals surface area contributed by atoms with Gasteiger partial charge in [-0.2, -0.15) is 8.42 Å². The molecule has 0 bridgehead atoms. The molecule has 0 spiro atoms. The van der Waals surface area contributed by atoms with Gasteiger partial charge < -0.3 is 4.57 Å². The summed E-state index contributed by atoms with van der Waals surface area (Å²) in [5.41, 5.74) is 0. The fourth-order valence-electron chi connectivity index (χ4n) is 1.37. The minimum Gasteiger partial charge on any atom is -0.315 e. The first-order chi connectivity index (χ1) is 6.06. The molecule has 0 fully saturated rings. The predicted molar refractivity (Wildman–Crippen MR) is 43.3 cm³/mol. The van der Waals surface area contributed by atoms with Crippen LogP contribution in [-0.2, 0) is 20.8 Å². The number of nitrogens with zero attached hydrogens (tertiary/aromatic N) is 3. The van der Waals surface area contributed by atoms with Crippen LogP contribution in [0.2, 0.25) is 0 Å². The van der Waals surface area contributed by atoms with Gasteiger partial charge in [0.1, 0.15) is 12.4 Å². The zero-order valence-electron chi connectivity index (χ0n) is 7.04. The minimum atomic E-state index is -3.41. The van der Waals surface area contributed by atoms with Gasteiger partial charge in [0.15, 0.2) is 5.82 Å². The number of rotatable bonds is 2. The Balaban J connectivity index is 2.22. The van der Waals surface area contributed by atoms with Crippen molar-refractivity contribution in [3.63, 3.8) is 0 Å². The average Bonchev–Trinajstić information content (AvgIpc) is 2.50. The number of fused-ring (bicyclic) bond motifs is 1. The largest absolute Gasteiger partial charge is 0.315 e. The molecule has 0 radical (unpaired) electrons. The third kappa shape index (κ3) is 1.70. The molecule has 0 N–H and O–H groups in total. The van der Waals surface area contributed by atoms with Crippen LogP contribution < -0.4 is 0 Å². The van der Waals surface area contributed by atoms with Crippen molar-refractivity contribution < 1.29 is 12.6 Å². The number of hydrogen-bond donors (Lipinski definition) is 0. The van der Waals surface area contributed by atoms with E-state index in [2.05, 4.69) is 10.2 Å². The van der Waals surface area contributed by atoms with Crippen molar-refractivity contribution in [2.45, 2.75) is 19.1 Å². The third-order valence-corrected chi connectivity index (χ3v) is 2.44. The smallest absolute Gasteiger partial charge is 0.265 e. The SMILES string of the molecule is CS(=O)(=O)O[C@H]1CCn2cnnc21. The Morgan fingerprint density at radius 1 is 1.69 bits per heavy atom. The molecular weight excluding hydrogens is 194 g/mol. The Labute approximate surface area is 75.7 Å². The normalized spacial score (nSPS) is 21.8. The molecule has 0 amide bonds. The lowest BCUT2D eigenvalue weighted by atomic mass is 10.3. The highest BCUT2D eigenvalue weighted by atomic mass is 32.2. The van der Waals surface area contributed by atoms with Crippen molar-refractivity contribution in [1.82, 2.24) is 14.8 Å². The Morgan fingerprint density at radius 3 is 3.15 bits per heavy atom. The van der Waals surface area contributed by atoms with Crippen LogP contribution in [-0.4, -0.2) is 29.4 Å². The summed E-state index contributed by atoms with van der Waals surface area (Å²) in [4.78, 5) is 0. The third-order valence-electron chi connectivity index (χ3n) is 1.86. The summed E-state index contributed by atoms with van der Waals surface area (Å²) in [5, 5.41) is 7.45. The summed E-state index contributed by atoms with van der Waals surface area (Å²) in [5.74, 6) is 0.588. The highest BCUT2D eigenvalue weighted by molar-refractivity contribution is 7.86. The second kappa shape index (κ2) is 2.78. The Kier molecular flexibility index (Phi) is 1.85. The van der Waals surface area contributed by atoms with E-state index in [1.165, 1.54) is 0 Å². The van der Waals surface area contributed by atoms with Gasteiger partial charge >= 0.3 is 0 Å². The van der Waals surface area contributed by atoms with Gasteiger partial charge in [0, 0.05) is 13.0 Å². The standard InChI is InChI=1S/C6H9N3O3S/c1-13(10,11)12-5-2-3-9-4-7-8-6(5)9/h4-5H,2-3H2,1H3/t5-/m0/s1. The number of hydrogen-bond acceptors (Lipinski definition) is 5. The van der Waals surface area contributed by atoms with E-state index in [0.29, 0.717) is 18.8 Å². The zero-order valence-corrected chi connectivity index (χ0v) is 7.86. The molecule has 1 aromatic heterocycles. The molecule has 2 heterocycles. The zero-order chi connectivity index (χ0) is 9.47. The van der Waals surface area contributed by atoms with Gasteiger partial charge in [-0.25, -0.2) is 0 Å². The van der Waals surface area contributed by atoms with Crippen LogP contribution in [0.3, 0.4) is 0 Å². The monoisotopic (exact) mass is 203 g/mol. The first-order valence-corrected chi connectivity index (χ1v) is 5.64. The van der Waals surface area contributed by atoms with Crippen molar-refractivity contribution >= 4 is 10.1 Å². The molecule has 1 aliphatic rings. The lowest BCUT2D eigenvalue weighted by Crippen LogP contribution is -2.08. The molecule has 6 nitrogen and oxygen atoms in total. The van der Waals surface area contributed by atoms with E-state index in [-0.39, 0.29) is 0 Å². The van der Waals surface area contributed by atoms with Gasteiger partial charge in [-0.05, 0) is 0 Å². The maximum absolute atomic E-state index is 10.8. The molecule has 7 heteroatoms. The van der Waals surface area contributed by atoms with Crippen molar-refractivity contribution in [1.29, 1.82) is 0 Å². The van der Waals surface area contributed by atoms with Gasteiger partial charge in [0.2, 0.25) is 0 Å². The first-order valence-electron chi connectivity index (χ1n) is 3.82. The Hall–Kier alpha value is -0.950. The molecule has 0 unspecified atom stereocenters. The van der Waals surface area contributed by atoms with Crippen LogP contribution in [0.5, 0.6) is 0 Å². The van der Waals surface area contributed by atoms with Gasteiger partial charge in [0.05, 0.1) is 6.26 Å². The van der Waals surface area contributed by atoms with Crippen LogP contribution in [0.25, 0.3) is 0 Å². The van der Waals surface area contributed by atoms with Crippen LogP contribution >= 0.6 is 0 Å². The Bertz CT molecular complexity index is 411. The van der Waals surface area contributed by atoms with Crippen molar-refractivity contribution in [3.8, 4) is 0 Å². The summed E-state index contributed by atoms with van der Waals surface area (Å²) in [6, 6.07) is 0. The molecule has 0 saturated carbocycles. The highest BCUT2D eigenvalue weighted by Gasteiger charge is 2.28. The molecule has 0 saturated heterocycles. The quantitative estimate of drug-likeness (QED) is 0.617. The molecule has 72 valence electrons. The predicted octanol–water partition coefficient (Wildman–Crippen LogP) is -0.301. The Morgan fingerprint density at radius 2 is 2.46 bits per heavy atom. The lowest BCUT2D eigenvalue weighted by Gasteiger charge is -2.05. The summed E-state index contributed by atoms with van der Waals surface area (Å²) in [7, 11) is -3.41. The first kappa shape index (κ1) is 8.64. The van der Waals surface area contributed by atoms with Crippen LogP contribution in [0.15, 0.2) is 6.33 Å². The van der Waals surface area contributed by atoms with Crippen molar-refractivity contribution in [2.75, 3.05) is 6.26 Å². The van der Waals surface area contributed by atoms with E-state index >= 15 is 0 Å². The molecule has 1 aliphatic heterocycles. The van der Waals surface area contributed by atoms with E-state index in [9.17, 15) is 8.42 Å². The second-order valence-electron chi connectivity index (χ2n) is 2.96. The second-order valence-corrected chi connectivity index (χ2v) is 4.56. The molecule has 13 heavy (non-hydrogen) atoms. The van der Waals surface area contributed by atoms with E-state index in [1.54, 1.807) is 10.9 Å². The van der Waals surface area contributed by atoms with E-state index < -0.39 is 16.2 Å². The van der Waals surface area contributed by atoms with Crippen molar-refractivity contribution in [3.05, 3.63) is 12.2 Å². The summed E-state index contributed by atoms with van der Waals surface area (Å²) < 4.78 is 28.3. The van der Waals surface area contributed by atoms with Crippen LogP contribution in [0, 0.1) is 0 Å². The number of aromatic nitrogens is 3. The summed E-state index contributed by atoms with van der Waals surface area (Å²) in [6.07, 6.45) is 2.78. The molecule has 0 aromatic carbocycles. The van der Waals surface area contributed by atoms with E-state index in [0.717, 1.165) is 6.26 Å². The summed E-state index contributed by atoms with van der Waals surface area (Å²) in [6.45, 7) is 0.711. The van der Waals surface area contributed by atoms with E-state index in [4.69, 9.17) is 4.18 Å². The maximum atomic E-state index is 10.8. The van der Waals surface area contributed by atoms with E-state index in [1.807, 2.05) is 0 Å². The molecular formula is C6H9N3O3S. The fourth-order valence-corrected chi connectivity index (χ4v) is 1.98. The fraction of sp³-hybridized carbons (Fsp3) is 0.667. The minimum absolute atomic E-state index is 0.461. The molecule has 1 atom stereocenters. The van der Waals surface area contributed by atoms with Crippen LogP contribution in [0.4, 0.5) is 0 Å². The van der Waals surface area contributed by atoms with Gasteiger partial charge in [-0.15, -0.1) is 10.2 Å². The molecule has 1 aromatic rings. The molecule has 0 aliphatic carbocycles. The number of aryl methyl sites for hydroxylation is 1. The van der Waals surface area contributed by atoms with Gasteiger partial charge in [-0.1, -0.05) is 0 Å². The van der Waals surface area contributed by atoms with Crippen LogP contribution in [0.1, 0.15) is 18.3 Å². The highest BCUT2D eigenvalue weighted by Crippen LogP contribution is 2.27. The topological polar surface area (TPSA) is 74.1 Å².